The summed E-state index contributed by atoms with van der Waals surface area (Å²) in [5.41, 5.74) is 0.315. The molecule has 0 radical (unpaired) electrons. The van der Waals surface area contributed by atoms with E-state index in [-0.39, 0.29) is 30.5 Å². The average Bonchev–Trinajstić information content (AvgIpc) is 3.31. The van der Waals surface area contributed by atoms with Gasteiger partial charge in [0.2, 0.25) is 0 Å². The number of ketones is 1. The summed E-state index contributed by atoms with van der Waals surface area (Å²) in [6, 6.07) is 4.25. The van der Waals surface area contributed by atoms with Gasteiger partial charge < -0.3 is 4.90 Å². The van der Waals surface area contributed by atoms with Crippen molar-refractivity contribution < 1.29 is 22.8 Å². The van der Waals surface area contributed by atoms with Crippen LogP contribution in [-0.4, -0.2) is 33.0 Å². The van der Waals surface area contributed by atoms with Gasteiger partial charge >= 0.3 is 6.18 Å². The molecule has 1 atom stereocenters. The Morgan fingerprint density at radius 1 is 1.27 bits per heavy atom. The minimum atomic E-state index is -4.45. The maximum Gasteiger partial charge on any atom is 0.416 e. The molecule has 156 valence electrons. The highest BCUT2D eigenvalue weighted by atomic mass is 79.9. The number of fused-ring (bicyclic) bond motifs is 1. The van der Waals surface area contributed by atoms with Crippen LogP contribution in [0.25, 0.3) is 0 Å². The molecule has 3 aromatic rings. The largest absolute Gasteiger partial charge is 0.416 e. The Morgan fingerprint density at radius 3 is 2.57 bits per heavy atom. The molecule has 1 aliphatic rings. The summed E-state index contributed by atoms with van der Waals surface area (Å²) in [7, 11) is 0. The van der Waals surface area contributed by atoms with Crippen LogP contribution in [0.2, 0.25) is 0 Å². The molecule has 0 aliphatic carbocycles. The van der Waals surface area contributed by atoms with Crippen LogP contribution in [-0.2, 0) is 12.6 Å². The fourth-order valence-electron chi connectivity index (χ4n) is 3.34. The van der Waals surface area contributed by atoms with Crippen LogP contribution >= 0.6 is 27.3 Å². The van der Waals surface area contributed by atoms with E-state index in [4.69, 9.17) is 0 Å². The van der Waals surface area contributed by atoms with Crippen molar-refractivity contribution in [1.29, 1.82) is 0 Å². The van der Waals surface area contributed by atoms with Crippen LogP contribution in [0.1, 0.15) is 44.3 Å². The Kier molecular flexibility index (Phi) is 5.27. The van der Waals surface area contributed by atoms with Gasteiger partial charge in [0.25, 0.3) is 5.91 Å². The first-order valence-electron chi connectivity index (χ1n) is 8.85. The molecule has 3 heterocycles. The van der Waals surface area contributed by atoms with Gasteiger partial charge in [0, 0.05) is 24.2 Å². The SMILES string of the molecule is C[C@H]1CN(c2ccc(C(F)(F)F)cc2)C(=O)c2c(CC(=O)c3cnc(Br)s3)cnn21. The van der Waals surface area contributed by atoms with E-state index in [1.165, 1.54) is 40.8 Å². The highest BCUT2D eigenvalue weighted by Gasteiger charge is 2.35. The predicted octanol–water partition coefficient (Wildman–Crippen LogP) is 4.77. The minimum absolute atomic E-state index is 0.0245. The third kappa shape index (κ3) is 3.79. The molecule has 1 amide bonds. The van der Waals surface area contributed by atoms with E-state index >= 15 is 0 Å². The van der Waals surface area contributed by atoms with Gasteiger partial charge in [-0.1, -0.05) is 0 Å². The highest BCUT2D eigenvalue weighted by molar-refractivity contribution is 9.11. The fraction of sp³-hybridized carbons (Fsp3) is 0.263. The van der Waals surface area contributed by atoms with Gasteiger partial charge in [-0.15, -0.1) is 11.3 Å². The molecule has 0 bridgehead atoms. The lowest BCUT2D eigenvalue weighted by Crippen LogP contribution is -2.43. The van der Waals surface area contributed by atoms with Crippen molar-refractivity contribution in [3.8, 4) is 0 Å². The Labute approximate surface area is 181 Å². The van der Waals surface area contributed by atoms with Crippen molar-refractivity contribution in [2.75, 3.05) is 11.4 Å². The number of Topliss-reactive ketones (excluding diaryl/α,β-unsaturated/α-hetero) is 1. The van der Waals surface area contributed by atoms with Crippen LogP contribution in [0.5, 0.6) is 0 Å². The van der Waals surface area contributed by atoms with Gasteiger partial charge in [-0.05, 0) is 47.1 Å². The zero-order chi connectivity index (χ0) is 21.6. The van der Waals surface area contributed by atoms with E-state index in [1.807, 2.05) is 6.92 Å². The van der Waals surface area contributed by atoms with E-state index in [0.29, 0.717) is 20.0 Å². The number of carbonyl (C=O) groups excluding carboxylic acids is 2. The Morgan fingerprint density at radius 2 is 1.97 bits per heavy atom. The smallest absolute Gasteiger partial charge is 0.305 e. The minimum Gasteiger partial charge on any atom is -0.305 e. The third-order valence-corrected chi connectivity index (χ3v) is 6.31. The van der Waals surface area contributed by atoms with Crippen molar-refractivity contribution in [2.45, 2.75) is 25.6 Å². The number of hydrogen-bond acceptors (Lipinski definition) is 5. The van der Waals surface area contributed by atoms with Gasteiger partial charge in [0.05, 0.1) is 28.9 Å². The summed E-state index contributed by atoms with van der Waals surface area (Å²) in [6.45, 7) is 2.11. The molecule has 4 rings (SSSR count). The molecule has 0 unspecified atom stereocenters. The lowest BCUT2D eigenvalue weighted by molar-refractivity contribution is -0.137. The number of hydrogen-bond donors (Lipinski definition) is 0. The zero-order valence-electron chi connectivity index (χ0n) is 15.5. The quantitative estimate of drug-likeness (QED) is 0.486. The number of rotatable bonds is 4. The molecule has 0 N–H and O–H groups in total. The van der Waals surface area contributed by atoms with Gasteiger partial charge in [0.15, 0.2) is 9.70 Å². The normalized spacial score (nSPS) is 16.6. The zero-order valence-corrected chi connectivity index (χ0v) is 17.9. The number of alkyl halides is 3. The van der Waals surface area contributed by atoms with Crippen molar-refractivity contribution in [3.05, 3.63) is 62.3 Å². The lowest BCUT2D eigenvalue weighted by atomic mass is 10.0. The standard InChI is InChI=1S/C19H14BrF3N4O2S/c1-10-9-26(13-4-2-12(3-5-13)19(21,22)23)17(29)16-11(7-25-27(10)16)6-14(28)15-8-24-18(20)30-15/h2-5,7-8,10H,6,9H2,1H3/t10-/m0/s1. The summed E-state index contributed by atoms with van der Waals surface area (Å²) in [5, 5.41) is 4.26. The van der Waals surface area contributed by atoms with Crippen molar-refractivity contribution >= 4 is 44.6 Å². The first kappa shape index (κ1) is 20.7. The van der Waals surface area contributed by atoms with Crippen LogP contribution < -0.4 is 4.90 Å². The summed E-state index contributed by atoms with van der Waals surface area (Å²) < 4.78 is 40.7. The molecule has 0 fully saturated rings. The molecule has 1 aliphatic heterocycles. The maximum absolute atomic E-state index is 13.2. The van der Waals surface area contributed by atoms with Crippen LogP contribution in [0.3, 0.4) is 0 Å². The Balaban J connectivity index is 1.63. The number of halogens is 4. The monoisotopic (exact) mass is 498 g/mol. The molecular formula is C19H14BrF3N4O2S. The maximum atomic E-state index is 13.2. The van der Waals surface area contributed by atoms with E-state index < -0.39 is 17.6 Å². The molecule has 11 heteroatoms. The van der Waals surface area contributed by atoms with E-state index in [0.717, 1.165) is 12.1 Å². The number of carbonyl (C=O) groups is 2. The highest BCUT2D eigenvalue weighted by Crippen LogP contribution is 2.33. The number of nitrogens with zero attached hydrogens (tertiary/aromatic N) is 4. The number of anilines is 1. The summed E-state index contributed by atoms with van der Waals surface area (Å²) in [5.74, 6) is -0.597. The number of amides is 1. The predicted molar refractivity (Wildman–Crippen MR) is 108 cm³/mol. The molecule has 0 saturated heterocycles. The number of aromatic nitrogens is 3. The van der Waals surface area contributed by atoms with Gasteiger partial charge in [-0.3, -0.25) is 14.3 Å². The van der Waals surface area contributed by atoms with Crippen molar-refractivity contribution in [1.82, 2.24) is 14.8 Å². The Bertz CT molecular complexity index is 1120. The van der Waals surface area contributed by atoms with E-state index in [1.54, 1.807) is 4.68 Å². The van der Waals surface area contributed by atoms with Crippen molar-refractivity contribution in [3.63, 3.8) is 0 Å². The van der Waals surface area contributed by atoms with Crippen LogP contribution in [0.4, 0.5) is 18.9 Å². The molecule has 0 spiro atoms. The van der Waals surface area contributed by atoms with Crippen LogP contribution in [0, 0.1) is 0 Å². The topological polar surface area (TPSA) is 68.1 Å². The lowest BCUT2D eigenvalue weighted by Gasteiger charge is -2.32. The third-order valence-electron chi connectivity index (χ3n) is 4.79. The molecule has 30 heavy (non-hydrogen) atoms. The number of benzene rings is 1. The van der Waals surface area contributed by atoms with Gasteiger partial charge in [-0.2, -0.15) is 18.3 Å². The van der Waals surface area contributed by atoms with Gasteiger partial charge in [0.1, 0.15) is 5.69 Å². The molecule has 1 aromatic carbocycles. The molecule has 6 nitrogen and oxygen atoms in total. The molecular weight excluding hydrogens is 485 g/mol. The number of thiazole rings is 1. The molecule has 0 saturated carbocycles. The van der Waals surface area contributed by atoms with Crippen molar-refractivity contribution in [2.24, 2.45) is 0 Å². The summed E-state index contributed by atoms with van der Waals surface area (Å²) >= 11 is 4.41. The second kappa shape index (κ2) is 7.62. The Hall–Kier alpha value is -2.53. The summed E-state index contributed by atoms with van der Waals surface area (Å²) in [4.78, 5) is 31.6. The fourth-order valence-corrected chi connectivity index (χ4v) is 4.55. The molecule has 2 aromatic heterocycles. The first-order chi connectivity index (χ1) is 14.1. The summed E-state index contributed by atoms with van der Waals surface area (Å²) in [6.07, 6.45) is -1.52. The van der Waals surface area contributed by atoms with Gasteiger partial charge in [-0.25, -0.2) is 4.98 Å². The second-order valence-electron chi connectivity index (χ2n) is 6.85. The van der Waals surface area contributed by atoms with E-state index in [9.17, 15) is 22.8 Å². The first-order valence-corrected chi connectivity index (χ1v) is 10.5. The average molecular weight is 499 g/mol. The van der Waals surface area contributed by atoms with E-state index in [2.05, 4.69) is 26.0 Å². The van der Waals surface area contributed by atoms with Crippen LogP contribution in [0.15, 0.2) is 40.6 Å². The second-order valence-corrected chi connectivity index (χ2v) is 9.16.